The highest BCUT2D eigenvalue weighted by molar-refractivity contribution is 5.74. The Labute approximate surface area is 135 Å². The number of aliphatic carboxylic acids is 1. The largest absolute Gasteiger partial charge is 0.480 e. The van der Waals surface area contributed by atoms with E-state index in [0.717, 1.165) is 43.1 Å². The van der Waals surface area contributed by atoms with E-state index in [1.165, 1.54) is 23.2 Å². The van der Waals surface area contributed by atoms with Crippen LogP contribution in [0, 0.1) is 0 Å². The summed E-state index contributed by atoms with van der Waals surface area (Å²) in [6.45, 7) is 0.323. The molecule has 0 spiro atoms. The van der Waals surface area contributed by atoms with Crippen molar-refractivity contribution in [2.24, 2.45) is 0 Å². The second-order valence-corrected chi connectivity index (χ2v) is 5.39. The zero-order valence-electron chi connectivity index (χ0n) is 13.2. The Morgan fingerprint density at radius 2 is 1.78 bits per heavy atom. The van der Waals surface area contributed by atoms with E-state index in [1.807, 2.05) is 0 Å². The summed E-state index contributed by atoms with van der Waals surface area (Å²) in [6.07, 6.45) is 7.83. The van der Waals surface area contributed by atoms with Crippen LogP contribution in [0.4, 0.5) is 5.69 Å². The van der Waals surface area contributed by atoms with E-state index in [2.05, 4.69) is 0 Å². The maximum Gasteiger partial charge on any atom is 0.323 e. The van der Waals surface area contributed by atoms with E-state index in [1.54, 1.807) is 0 Å². The molecule has 0 aliphatic carbocycles. The Kier molecular flexibility index (Phi) is 8.67. The zero-order valence-corrected chi connectivity index (χ0v) is 13.2. The Morgan fingerprint density at radius 1 is 1.13 bits per heavy atom. The molecule has 0 atom stereocenters. The summed E-state index contributed by atoms with van der Waals surface area (Å²) in [4.78, 5) is 35.0. The van der Waals surface area contributed by atoms with Crippen LogP contribution < -0.4 is 10.5 Å². The van der Waals surface area contributed by atoms with Crippen LogP contribution in [-0.4, -0.2) is 40.3 Å². The average molecular weight is 324 g/mol. The molecule has 23 heavy (non-hydrogen) atoms. The first kappa shape index (κ1) is 18.9. The predicted molar refractivity (Wildman–Crippen MR) is 86.5 cm³/mol. The van der Waals surface area contributed by atoms with Gasteiger partial charge in [0.15, 0.2) is 0 Å². The maximum absolute atomic E-state index is 11.6. The summed E-state index contributed by atoms with van der Waals surface area (Å²) in [5.74, 6) is -1.11. The molecule has 1 amide bonds. The van der Waals surface area contributed by atoms with Crippen LogP contribution in [0.5, 0.6) is 0 Å². The summed E-state index contributed by atoms with van der Waals surface area (Å²) in [6, 6.07) is 2.79. The lowest BCUT2D eigenvalue weighted by Gasteiger charge is -2.18. The third kappa shape index (κ3) is 7.10. The number of rotatable bonds is 12. The van der Waals surface area contributed by atoms with Gasteiger partial charge in [0.25, 0.3) is 5.56 Å². The number of carbonyl (C=O) groups excluding carboxylic acids is 1. The number of unbranched alkanes of at least 4 members (excludes halogenated alkanes) is 5. The molecule has 0 unspecified atom stereocenters. The molecule has 1 rings (SSSR count). The van der Waals surface area contributed by atoms with Crippen LogP contribution in [-0.2, 0) is 16.1 Å². The third-order valence-electron chi connectivity index (χ3n) is 3.54. The van der Waals surface area contributed by atoms with Crippen molar-refractivity contribution >= 4 is 18.1 Å². The fourth-order valence-corrected chi connectivity index (χ4v) is 2.30. The van der Waals surface area contributed by atoms with E-state index in [-0.39, 0.29) is 6.61 Å². The number of pyridine rings is 1. The summed E-state index contributed by atoms with van der Waals surface area (Å²) >= 11 is 0. The Morgan fingerprint density at radius 3 is 2.39 bits per heavy atom. The van der Waals surface area contributed by atoms with Crippen molar-refractivity contribution in [1.29, 1.82) is 0 Å². The van der Waals surface area contributed by atoms with Crippen LogP contribution in [0.2, 0.25) is 0 Å². The first-order valence-corrected chi connectivity index (χ1v) is 7.83. The molecule has 1 aromatic heterocycles. The van der Waals surface area contributed by atoms with Gasteiger partial charge in [-0.05, 0) is 18.9 Å². The number of aromatic nitrogens is 1. The minimum Gasteiger partial charge on any atom is -0.480 e. The zero-order chi connectivity index (χ0) is 17.1. The smallest absolute Gasteiger partial charge is 0.323 e. The van der Waals surface area contributed by atoms with Gasteiger partial charge < -0.3 is 19.7 Å². The summed E-state index contributed by atoms with van der Waals surface area (Å²) in [5.41, 5.74) is 0.104. The molecule has 0 aromatic carbocycles. The highest BCUT2D eigenvalue weighted by Crippen LogP contribution is 2.12. The van der Waals surface area contributed by atoms with E-state index in [4.69, 9.17) is 10.2 Å². The summed E-state index contributed by atoms with van der Waals surface area (Å²) in [5, 5.41) is 17.5. The van der Waals surface area contributed by atoms with Gasteiger partial charge in [0.2, 0.25) is 6.41 Å². The molecule has 7 heteroatoms. The van der Waals surface area contributed by atoms with Crippen molar-refractivity contribution in [1.82, 2.24) is 4.57 Å². The van der Waals surface area contributed by atoms with Gasteiger partial charge in [-0.2, -0.15) is 0 Å². The SMILES string of the molecule is O=CN(CCCCCCCCO)c1ccc(=O)n(CC(=O)O)c1. The van der Waals surface area contributed by atoms with Gasteiger partial charge in [0.1, 0.15) is 6.54 Å². The van der Waals surface area contributed by atoms with Gasteiger partial charge in [-0.15, -0.1) is 0 Å². The minimum absolute atomic E-state index is 0.227. The van der Waals surface area contributed by atoms with E-state index in [0.29, 0.717) is 18.6 Å². The number of nitrogens with zero attached hydrogens (tertiary/aromatic N) is 2. The number of amides is 1. The molecule has 0 aliphatic heterocycles. The number of aliphatic hydroxyl groups excluding tert-OH is 1. The van der Waals surface area contributed by atoms with Crippen molar-refractivity contribution in [2.75, 3.05) is 18.1 Å². The van der Waals surface area contributed by atoms with Crippen LogP contribution >= 0.6 is 0 Å². The molecule has 2 N–H and O–H groups in total. The number of hydrogen-bond acceptors (Lipinski definition) is 4. The molecule has 1 aromatic rings. The van der Waals surface area contributed by atoms with Gasteiger partial charge >= 0.3 is 5.97 Å². The van der Waals surface area contributed by atoms with Crippen molar-refractivity contribution in [2.45, 2.75) is 45.1 Å². The summed E-state index contributed by atoms with van der Waals surface area (Å²) < 4.78 is 1.07. The van der Waals surface area contributed by atoms with Crippen molar-refractivity contribution in [3.8, 4) is 0 Å². The predicted octanol–water partition coefficient (Wildman–Crippen LogP) is 1.23. The Balaban J connectivity index is 2.52. The number of aliphatic hydroxyl groups is 1. The van der Waals surface area contributed by atoms with Gasteiger partial charge in [-0.3, -0.25) is 14.4 Å². The third-order valence-corrected chi connectivity index (χ3v) is 3.54. The molecule has 7 nitrogen and oxygen atoms in total. The highest BCUT2D eigenvalue weighted by atomic mass is 16.4. The standard InChI is InChI=1S/C16H24N2O5/c19-10-6-4-2-1-3-5-9-17(13-20)14-7-8-15(21)18(11-14)12-16(22)23/h7-8,11,13,19H,1-6,9-10,12H2,(H,22,23). The number of carboxylic acids is 1. The average Bonchev–Trinajstić information content (AvgIpc) is 2.52. The lowest BCUT2D eigenvalue weighted by molar-refractivity contribution is -0.137. The first-order chi connectivity index (χ1) is 11.1. The van der Waals surface area contributed by atoms with Crippen LogP contribution in [0.15, 0.2) is 23.1 Å². The van der Waals surface area contributed by atoms with Crippen molar-refractivity contribution in [3.63, 3.8) is 0 Å². The fourth-order valence-electron chi connectivity index (χ4n) is 2.30. The molecular formula is C16H24N2O5. The number of carbonyl (C=O) groups is 2. The van der Waals surface area contributed by atoms with Gasteiger partial charge in [-0.1, -0.05) is 25.7 Å². The molecule has 0 radical (unpaired) electrons. The van der Waals surface area contributed by atoms with E-state index < -0.39 is 18.1 Å². The summed E-state index contributed by atoms with van der Waals surface area (Å²) in [7, 11) is 0. The number of carboxylic acid groups (broad SMARTS) is 1. The molecule has 0 saturated heterocycles. The second-order valence-electron chi connectivity index (χ2n) is 5.39. The Hall–Kier alpha value is -2.15. The van der Waals surface area contributed by atoms with Crippen molar-refractivity contribution in [3.05, 3.63) is 28.7 Å². The van der Waals surface area contributed by atoms with Crippen molar-refractivity contribution < 1.29 is 19.8 Å². The lowest BCUT2D eigenvalue weighted by atomic mass is 10.1. The molecule has 0 aliphatic rings. The molecule has 0 saturated carbocycles. The quantitative estimate of drug-likeness (QED) is 0.445. The van der Waals surface area contributed by atoms with Gasteiger partial charge in [-0.25, -0.2) is 0 Å². The molecular weight excluding hydrogens is 300 g/mol. The number of anilines is 1. The molecule has 0 bridgehead atoms. The van der Waals surface area contributed by atoms with Crippen LogP contribution in [0.1, 0.15) is 38.5 Å². The fraction of sp³-hybridized carbons (Fsp3) is 0.562. The van der Waals surface area contributed by atoms with E-state index >= 15 is 0 Å². The normalized spacial score (nSPS) is 10.5. The molecule has 1 heterocycles. The second kappa shape index (κ2) is 10.6. The van der Waals surface area contributed by atoms with E-state index in [9.17, 15) is 14.4 Å². The van der Waals surface area contributed by atoms with Gasteiger partial charge in [0.05, 0.1) is 5.69 Å². The highest BCUT2D eigenvalue weighted by Gasteiger charge is 2.08. The Bertz CT molecular complexity index is 556. The first-order valence-electron chi connectivity index (χ1n) is 7.83. The van der Waals surface area contributed by atoms with Crippen LogP contribution in [0.25, 0.3) is 0 Å². The lowest BCUT2D eigenvalue weighted by Crippen LogP contribution is -2.27. The maximum atomic E-state index is 11.6. The topological polar surface area (TPSA) is 99.8 Å². The van der Waals surface area contributed by atoms with Crippen LogP contribution in [0.3, 0.4) is 0 Å². The minimum atomic E-state index is -1.11. The monoisotopic (exact) mass is 324 g/mol. The molecule has 128 valence electrons. The van der Waals surface area contributed by atoms with Gasteiger partial charge in [0, 0.05) is 25.4 Å². The number of hydrogen-bond donors (Lipinski definition) is 2. The molecule has 0 fully saturated rings.